The van der Waals surface area contributed by atoms with Gasteiger partial charge in [0.2, 0.25) is 0 Å². The first-order valence-corrected chi connectivity index (χ1v) is 2.83. The summed E-state index contributed by atoms with van der Waals surface area (Å²) in [7, 11) is 2.50. The van der Waals surface area contributed by atoms with E-state index in [4.69, 9.17) is 5.26 Å². The summed E-state index contributed by atoms with van der Waals surface area (Å²) in [6, 6.07) is 1.49. The molecule has 0 aromatic rings. The van der Waals surface area contributed by atoms with Gasteiger partial charge in [-0.3, -0.25) is 0 Å². The first kappa shape index (κ1) is 14.4. The number of methoxy groups -OCH3 is 2. The first-order valence-electron chi connectivity index (χ1n) is 2.83. The van der Waals surface area contributed by atoms with E-state index in [1.54, 1.807) is 0 Å². The molecule has 0 aliphatic heterocycles. The van der Waals surface area contributed by atoms with E-state index in [-0.39, 0.29) is 29.6 Å². The molecule has 6 heteroatoms. The van der Waals surface area contributed by atoms with Crippen LogP contribution in [0.3, 0.4) is 0 Å². The third-order valence-corrected chi connectivity index (χ3v) is 1.13. The van der Waals surface area contributed by atoms with Crippen LogP contribution in [0.5, 0.6) is 0 Å². The molecule has 1 unspecified atom stereocenters. The average Bonchev–Trinajstić information content (AvgIpc) is 1.99. The van der Waals surface area contributed by atoms with Gasteiger partial charge in [0, 0.05) is 14.2 Å². The van der Waals surface area contributed by atoms with Gasteiger partial charge < -0.3 is 19.4 Å². The Morgan fingerprint density at radius 2 is 1.92 bits per heavy atom. The summed E-state index contributed by atoms with van der Waals surface area (Å²) >= 11 is 0. The molecule has 0 aromatic carbocycles. The molecule has 0 saturated heterocycles. The zero-order chi connectivity index (χ0) is 8.85. The molecular weight excluding hydrogens is 173 g/mol. The second-order valence-corrected chi connectivity index (χ2v) is 1.77. The fraction of sp³-hybridized carbons (Fsp3) is 0.667. The summed E-state index contributed by atoms with van der Waals surface area (Å²) in [5.41, 5.74) is 0. The molecule has 0 aromatic heterocycles. The van der Waals surface area contributed by atoms with E-state index in [2.05, 4.69) is 9.47 Å². The van der Waals surface area contributed by atoms with Crippen molar-refractivity contribution in [3.63, 3.8) is 0 Å². The number of carbonyl (C=O) groups is 1. The van der Waals surface area contributed by atoms with E-state index in [9.17, 15) is 9.90 Å². The topological polar surface area (TPSA) is 82.4 Å². The van der Waals surface area contributed by atoms with Gasteiger partial charge in [0.25, 0.3) is 0 Å². The molecule has 5 nitrogen and oxygen atoms in total. The second kappa shape index (κ2) is 7.53. The molecule has 1 atom stereocenters. The molecular formula is C6H8NNaO4. The third-order valence-electron chi connectivity index (χ3n) is 1.13. The maximum absolute atomic E-state index is 10.2. The van der Waals surface area contributed by atoms with Gasteiger partial charge in [-0.1, -0.05) is 0 Å². The van der Waals surface area contributed by atoms with Crippen LogP contribution in [0.25, 0.3) is 0 Å². The van der Waals surface area contributed by atoms with Crippen LogP contribution in [-0.4, -0.2) is 26.5 Å². The summed E-state index contributed by atoms with van der Waals surface area (Å²) in [6.45, 7) is 0. The fourth-order valence-corrected chi connectivity index (χ4v) is 0.593. The Balaban J connectivity index is 0. The van der Waals surface area contributed by atoms with Crippen molar-refractivity contribution < 1.29 is 48.9 Å². The Hall–Kier alpha value is -0.120. The Kier molecular flexibility index (Phi) is 9.03. The summed E-state index contributed by atoms with van der Waals surface area (Å²) < 4.78 is 9.10. The molecule has 62 valence electrons. The molecule has 0 radical (unpaired) electrons. The largest absolute Gasteiger partial charge is 1.00 e. The van der Waals surface area contributed by atoms with E-state index in [0.717, 1.165) is 0 Å². The molecule has 0 heterocycles. The predicted octanol–water partition coefficient (Wildman–Crippen LogP) is -4.50. The van der Waals surface area contributed by atoms with E-state index < -0.39 is 18.2 Å². The van der Waals surface area contributed by atoms with Crippen molar-refractivity contribution in [1.29, 1.82) is 5.26 Å². The monoisotopic (exact) mass is 181 g/mol. The molecule has 12 heavy (non-hydrogen) atoms. The van der Waals surface area contributed by atoms with Gasteiger partial charge >= 0.3 is 29.6 Å². The van der Waals surface area contributed by atoms with Crippen LogP contribution in [0.1, 0.15) is 0 Å². The fourth-order valence-electron chi connectivity index (χ4n) is 0.593. The quantitative estimate of drug-likeness (QED) is 0.322. The van der Waals surface area contributed by atoms with E-state index >= 15 is 0 Å². The smallest absolute Gasteiger partial charge is 0.549 e. The Labute approximate surface area is 92.6 Å². The van der Waals surface area contributed by atoms with E-state index in [0.29, 0.717) is 0 Å². The number of nitriles is 1. The molecule has 0 aliphatic carbocycles. The molecule has 0 fully saturated rings. The predicted molar refractivity (Wildman–Crippen MR) is 31.9 cm³/mol. The number of hydrogen-bond acceptors (Lipinski definition) is 5. The first-order chi connectivity index (χ1) is 5.17. The van der Waals surface area contributed by atoms with Crippen molar-refractivity contribution in [3.05, 3.63) is 0 Å². The summed E-state index contributed by atoms with van der Waals surface area (Å²) in [4.78, 5) is 10.2. The van der Waals surface area contributed by atoms with Crippen LogP contribution in [0.4, 0.5) is 0 Å². The molecule has 0 spiro atoms. The van der Waals surface area contributed by atoms with Crippen LogP contribution in [0, 0.1) is 17.2 Å². The van der Waals surface area contributed by atoms with Crippen molar-refractivity contribution in [2.45, 2.75) is 6.29 Å². The van der Waals surface area contributed by atoms with Gasteiger partial charge in [-0.05, 0) is 0 Å². The van der Waals surface area contributed by atoms with Crippen molar-refractivity contribution in [2.75, 3.05) is 14.2 Å². The number of carboxylic acids is 1. The summed E-state index contributed by atoms with van der Waals surface area (Å²) in [5, 5.41) is 18.5. The molecule has 0 saturated carbocycles. The minimum Gasteiger partial charge on any atom is -0.549 e. The van der Waals surface area contributed by atoms with Gasteiger partial charge in [0.05, 0.1) is 12.0 Å². The number of carboxylic acid groups (broad SMARTS) is 1. The number of nitrogens with zero attached hydrogens (tertiary/aromatic N) is 1. The Morgan fingerprint density at radius 1 is 1.50 bits per heavy atom. The number of carbonyl (C=O) groups excluding carboxylic acids is 1. The normalized spacial score (nSPS) is 11.5. The maximum atomic E-state index is 10.2. The van der Waals surface area contributed by atoms with Crippen LogP contribution in [-0.2, 0) is 14.3 Å². The molecule has 0 rings (SSSR count). The zero-order valence-corrected chi connectivity index (χ0v) is 9.23. The standard InChI is InChI=1S/C6H9NO4.Na/c1-10-6(11-2)4(3-7)5(8)9;/h4,6H,1-2H3,(H,8,9);/q;+1/p-1. The van der Waals surface area contributed by atoms with Crippen molar-refractivity contribution in [2.24, 2.45) is 5.92 Å². The SMILES string of the molecule is COC(OC)C(C#N)C(=O)[O-].[Na+]. The van der Waals surface area contributed by atoms with Gasteiger partial charge in [0.1, 0.15) is 5.92 Å². The number of rotatable bonds is 4. The molecule has 0 N–H and O–H groups in total. The van der Waals surface area contributed by atoms with Gasteiger partial charge in [-0.2, -0.15) is 5.26 Å². The van der Waals surface area contributed by atoms with Gasteiger partial charge in [-0.15, -0.1) is 0 Å². The second-order valence-electron chi connectivity index (χ2n) is 1.77. The number of aliphatic carboxylic acids is 1. The van der Waals surface area contributed by atoms with Crippen molar-refractivity contribution in [3.8, 4) is 6.07 Å². The van der Waals surface area contributed by atoms with Crippen LogP contribution in [0.15, 0.2) is 0 Å². The van der Waals surface area contributed by atoms with Gasteiger partial charge in [-0.25, -0.2) is 0 Å². The number of ether oxygens (including phenoxy) is 2. The van der Waals surface area contributed by atoms with Gasteiger partial charge in [0.15, 0.2) is 6.29 Å². The number of hydrogen-bond donors (Lipinski definition) is 0. The Bertz CT molecular complexity index is 175. The molecule has 0 bridgehead atoms. The van der Waals surface area contributed by atoms with E-state index in [1.165, 1.54) is 20.3 Å². The minimum absolute atomic E-state index is 0. The molecule has 0 aliphatic rings. The van der Waals surface area contributed by atoms with Crippen molar-refractivity contribution in [1.82, 2.24) is 0 Å². The Morgan fingerprint density at radius 3 is 2.00 bits per heavy atom. The van der Waals surface area contributed by atoms with E-state index in [1.807, 2.05) is 0 Å². The third kappa shape index (κ3) is 4.04. The molecule has 0 amide bonds. The van der Waals surface area contributed by atoms with Crippen LogP contribution >= 0.6 is 0 Å². The van der Waals surface area contributed by atoms with Crippen LogP contribution in [0.2, 0.25) is 0 Å². The summed E-state index contributed by atoms with van der Waals surface area (Å²) in [6.07, 6.45) is -1.06. The average molecular weight is 181 g/mol. The van der Waals surface area contributed by atoms with Crippen molar-refractivity contribution >= 4 is 5.97 Å². The summed E-state index contributed by atoms with van der Waals surface area (Å²) in [5.74, 6) is -2.88. The maximum Gasteiger partial charge on any atom is 1.00 e. The zero-order valence-electron chi connectivity index (χ0n) is 7.23. The van der Waals surface area contributed by atoms with Crippen LogP contribution < -0.4 is 34.7 Å². The minimum atomic E-state index is -1.50.